The monoisotopic (exact) mass is 387 g/mol. The molecule has 0 radical (unpaired) electrons. The second kappa shape index (κ2) is 5.42. The number of likely N-dealkylation sites (N-methyl/N-ethyl adjacent to an activating group) is 1. The molecule has 1 aromatic rings. The number of piperidine rings is 1. The van der Waals surface area contributed by atoms with Crippen LogP contribution in [-0.4, -0.2) is 67.0 Å². The molecular formula is C22H29NO5. The Morgan fingerprint density at radius 3 is 2.89 bits per heavy atom. The van der Waals surface area contributed by atoms with Crippen LogP contribution in [0.1, 0.15) is 43.7 Å². The van der Waals surface area contributed by atoms with Crippen LogP contribution >= 0.6 is 0 Å². The van der Waals surface area contributed by atoms with Gasteiger partial charge in [-0.3, -0.25) is 0 Å². The Labute approximate surface area is 165 Å². The summed E-state index contributed by atoms with van der Waals surface area (Å²) in [5, 5.41) is 12.3. The minimum absolute atomic E-state index is 0.0811. The number of benzene rings is 1. The molecule has 6 atom stereocenters. The Morgan fingerprint density at radius 1 is 1.25 bits per heavy atom. The van der Waals surface area contributed by atoms with Gasteiger partial charge in [0, 0.05) is 18.0 Å². The molecule has 1 saturated carbocycles. The first-order valence-electron chi connectivity index (χ1n) is 10.6. The van der Waals surface area contributed by atoms with Crippen LogP contribution in [0.2, 0.25) is 0 Å². The molecule has 3 fully saturated rings. The van der Waals surface area contributed by atoms with Crippen LogP contribution < -0.4 is 9.47 Å². The van der Waals surface area contributed by atoms with Crippen molar-refractivity contribution in [2.75, 3.05) is 27.3 Å². The molecule has 0 aromatic heterocycles. The van der Waals surface area contributed by atoms with Crippen LogP contribution in [0.5, 0.6) is 11.5 Å². The molecule has 6 rings (SSSR count). The maximum absolute atomic E-state index is 12.3. The highest BCUT2D eigenvalue weighted by molar-refractivity contribution is 5.63. The van der Waals surface area contributed by atoms with Gasteiger partial charge in [0.2, 0.25) is 5.79 Å². The van der Waals surface area contributed by atoms with Crippen LogP contribution in [0, 0.1) is 0 Å². The summed E-state index contributed by atoms with van der Waals surface area (Å²) in [6, 6.07) is 4.24. The molecule has 5 aliphatic rings. The largest absolute Gasteiger partial charge is 0.493 e. The Bertz CT molecular complexity index is 844. The van der Waals surface area contributed by atoms with Gasteiger partial charge >= 0.3 is 0 Å². The maximum atomic E-state index is 12.3. The first-order valence-corrected chi connectivity index (χ1v) is 10.6. The van der Waals surface area contributed by atoms with E-state index < -0.39 is 16.8 Å². The van der Waals surface area contributed by atoms with Gasteiger partial charge in [0.25, 0.3) is 0 Å². The summed E-state index contributed by atoms with van der Waals surface area (Å²) >= 11 is 0. The van der Waals surface area contributed by atoms with Gasteiger partial charge < -0.3 is 29.0 Å². The third kappa shape index (κ3) is 1.80. The number of methoxy groups -OCH3 is 1. The molecule has 2 aliphatic carbocycles. The zero-order valence-electron chi connectivity index (χ0n) is 16.9. The van der Waals surface area contributed by atoms with Crippen LogP contribution in [0.15, 0.2) is 12.1 Å². The van der Waals surface area contributed by atoms with E-state index in [0.717, 1.165) is 42.9 Å². The molecule has 0 amide bonds. The summed E-state index contributed by atoms with van der Waals surface area (Å²) in [4.78, 5) is 2.33. The molecular weight excluding hydrogens is 358 g/mol. The number of ether oxygens (including phenoxy) is 4. The van der Waals surface area contributed by atoms with E-state index in [1.54, 1.807) is 7.11 Å². The fraction of sp³-hybridized carbons (Fsp3) is 0.727. The predicted molar refractivity (Wildman–Crippen MR) is 102 cm³/mol. The van der Waals surface area contributed by atoms with Gasteiger partial charge in [-0.2, -0.15) is 0 Å². The van der Waals surface area contributed by atoms with Crippen molar-refractivity contribution in [3.05, 3.63) is 23.3 Å². The summed E-state index contributed by atoms with van der Waals surface area (Å²) in [7, 11) is 3.81. The number of likely N-dealkylation sites (tertiary alicyclic amines) is 1. The number of nitrogens with zero attached hydrogens (tertiary/aromatic N) is 1. The van der Waals surface area contributed by atoms with Crippen molar-refractivity contribution in [1.82, 2.24) is 4.90 Å². The van der Waals surface area contributed by atoms with Gasteiger partial charge in [-0.05, 0) is 57.8 Å². The SMILES string of the molecule is COc1ccc2c3c1O[C@H]1[C@@]4(CCC5(O)[C@@H](C2)N(C)CC[C@]315)OCC[C@H](C)O4. The molecule has 1 unspecified atom stereocenters. The van der Waals surface area contributed by atoms with E-state index in [1.165, 1.54) is 5.56 Å². The predicted octanol–water partition coefficient (Wildman–Crippen LogP) is 2.00. The van der Waals surface area contributed by atoms with Crippen LogP contribution in [0.25, 0.3) is 0 Å². The van der Waals surface area contributed by atoms with Gasteiger partial charge in [0.15, 0.2) is 17.6 Å². The van der Waals surface area contributed by atoms with E-state index in [4.69, 9.17) is 18.9 Å². The highest BCUT2D eigenvalue weighted by Gasteiger charge is 2.77. The highest BCUT2D eigenvalue weighted by Crippen LogP contribution is 2.67. The fourth-order valence-electron chi connectivity index (χ4n) is 6.96. The van der Waals surface area contributed by atoms with Gasteiger partial charge in [-0.1, -0.05) is 6.07 Å². The molecule has 3 aliphatic heterocycles. The van der Waals surface area contributed by atoms with Crippen LogP contribution in [0.4, 0.5) is 0 Å². The number of hydrogen-bond donors (Lipinski definition) is 1. The topological polar surface area (TPSA) is 60.4 Å². The third-order valence-electron chi connectivity index (χ3n) is 8.21. The average Bonchev–Trinajstić information content (AvgIpc) is 3.04. The van der Waals surface area contributed by atoms with Crippen molar-refractivity contribution < 1.29 is 24.1 Å². The van der Waals surface area contributed by atoms with Gasteiger partial charge in [0.05, 0.1) is 30.8 Å². The molecule has 28 heavy (non-hydrogen) atoms. The lowest BCUT2D eigenvalue weighted by Crippen LogP contribution is -2.79. The van der Waals surface area contributed by atoms with E-state index in [0.29, 0.717) is 19.4 Å². The lowest BCUT2D eigenvalue weighted by atomic mass is 9.48. The number of aliphatic hydroxyl groups is 1. The Hall–Kier alpha value is -1.34. The van der Waals surface area contributed by atoms with E-state index in [9.17, 15) is 5.11 Å². The number of rotatable bonds is 1. The number of hydrogen-bond acceptors (Lipinski definition) is 6. The van der Waals surface area contributed by atoms with Gasteiger partial charge in [0.1, 0.15) is 0 Å². The number of fused-ring (bicyclic) bond motifs is 1. The Kier molecular flexibility index (Phi) is 3.39. The zero-order chi connectivity index (χ0) is 19.3. The molecule has 6 heteroatoms. The molecule has 2 bridgehead atoms. The zero-order valence-corrected chi connectivity index (χ0v) is 16.9. The van der Waals surface area contributed by atoms with E-state index in [2.05, 4.69) is 24.9 Å². The minimum atomic E-state index is -0.853. The Morgan fingerprint density at radius 2 is 2.11 bits per heavy atom. The second-order valence-corrected chi connectivity index (χ2v) is 9.35. The van der Waals surface area contributed by atoms with Crippen molar-refractivity contribution >= 4 is 0 Å². The third-order valence-corrected chi connectivity index (χ3v) is 8.21. The normalized spacial score (nSPS) is 46.2. The van der Waals surface area contributed by atoms with E-state index >= 15 is 0 Å². The summed E-state index contributed by atoms with van der Waals surface area (Å²) in [6.07, 6.45) is 3.62. The van der Waals surface area contributed by atoms with Crippen molar-refractivity contribution in [2.24, 2.45) is 0 Å². The first-order chi connectivity index (χ1) is 13.5. The van der Waals surface area contributed by atoms with Gasteiger partial charge in [-0.25, -0.2) is 0 Å². The molecule has 152 valence electrons. The molecule has 6 nitrogen and oxygen atoms in total. The molecule has 2 spiro atoms. The van der Waals surface area contributed by atoms with E-state index in [-0.39, 0.29) is 18.2 Å². The van der Waals surface area contributed by atoms with Crippen LogP contribution in [-0.2, 0) is 21.3 Å². The lowest BCUT2D eigenvalue weighted by Gasteiger charge is -2.65. The molecule has 2 saturated heterocycles. The summed E-state index contributed by atoms with van der Waals surface area (Å²) in [5.74, 6) is 0.725. The minimum Gasteiger partial charge on any atom is -0.493 e. The molecule has 3 heterocycles. The maximum Gasteiger partial charge on any atom is 0.207 e. The average molecular weight is 387 g/mol. The van der Waals surface area contributed by atoms with Crippen molar-refractivity contribution in [1.29, 1.82) is 0 Å². The second-order valence-electron chi connectivity index (χ2n) is 9.35. The first kappa shape index (κ1) is 17.5. The summed E-state index contributed by atoms with van der Waals surface area (Å²) in [5.41, 5.74) is 1.04. The summed E-state index contributed by atoms with van der Waals surface area (Å²) in [6.45, 7) is 3.70. The highest BCUT2D eigenvalue weighted by atomic mass is 16.7. The molecule has 1 N–H and O–H groups in total. The van der Waals surface area contributed by atoms with E-state index in [1.807, 2.05) is 6.07 Å². The van der Waals surface area contributed by atoms with Crippen molar-refractivity contribution in [2.45, 2.75) is 74.1 Å². The van der Waals surface area contributed by atoms with Crippen molar-refractivity contribution in [3.63, 3.8) is 0 Å². The van der Waals surface area contributed by atoms with Crippen molar-refractivity contribution in [3.8, 4) is 11.5 Å². The smallest absolute Gasteiger partial charge is 0.207 e. The fourth-order valence-corrected chi connectivity index (χ4v) is 6.96. The van der Waals surface area contributed by atoms with Crippen LogP contribution in [0.3, 0.4) is 0 Å². The summed E-state index contributed by atoms with van der Waals surface area (Å²) < 4.78 is 25.2. The molecule has 1 aromatic carbocycles. The van der Waals surface area contributed by atoms with Gasteiger partial charge in [-0.15, -0.1) is 0 Å². The standard InChI is InChI=1S/C22H29NO5/c1-13-6-11-26-22(28-13)8-7-21(24)16-12-14-4-5-15(25-3)18-17(14)20(21,19(22)27-18)9-10-23(16)2/h4-5,13,16,19,24H,6-12H2,1-3H3/t13-,16+,19+,20-,21?,22-/m0/s1. The quantitative estimate of drug-likeness (QED) is 0.795. The lowest BCUT2D eigenvalue weighted by molar-refractivity contribution is -0.364. The Balaban J connectivity index is 1.62.